The van der Waals surface area contributed by atoms with Crippen molar-refractivity contribution in [3.8, 4) is 0 Å². The van der Waals surface area contributed by atoms with E-state index in [4.69, 9.17) is 0 Å². The second-order valence-electron chi connectivity index (χ2n) is 7.00. The lowest BCUT2D eigenvalue weighted by atomic mass is 10.1. The molecule has 2 aromatic rings. The van der Waals surface area contributed by atoms with Crippen LogP contribution in [0.1, 0.15) is 31.4 Å². The minimum absolute atomic E-state index is 0.0923. The van der Waals surface area contributed by atoms with Crippen molar-refractivity contribution in [2.45, 2.75) is 38.0 Å². The zero-order valence-electron chi connectivity index (χ0n) is 16.4. The molecule has 1 aliphatic rings. The lowest BCUT2D eigenvalue weighted by Gasteiger charge is -2.19. The van der Waals surface area contributed by atoms with Gasteiger partial charge in [-0.1, -0.05) is 35.0 Å². The van der Waals surface area contributed by atoms with Crippen LogP contribution in [0, 0.1) is 0 Å². The van der Waals surface area contributed by atoms with Crippen LogP contribution in [0.5, 0.6) is 0 Å². The van der Waals surface area contributed by atoms with Crippen molar-refractivity contribution in [1.82, 2.24) is 0 Å². The van der Waals surface area contributed by atoms with Gasteiger partial charge < -0.3 is 10.2 Å². The molecule has 1 heterocycles. The van der Waals surface area contributed by atoms with Gasteiger partial charge >= 0.3 is 0 Å². The average Bonchev–Trinajstić information content (AvgIpc) is 3.10. The van der Waals surface area contributed by atoms with Gasteiger partial charge in [-0.25, -0.2) is 8.42 Å². The van der Waals surface area contributed by atoms with Crippen molar-refractivity contribution >= 4 is 49.0 Å². The highest BCUT2D eigenvalue weighted by atomic mass is 79.9. The molecule has 0 unspecified atom stereocenters. The van der Waals surface area contributed by atoms with E-state index in [1.165, 1.54) is 17.9 Å². The zero-order chi connectivity index (χ0) is 21.2. The van der Waals surface area contributed by atoms with Crippen LogP contribution in [0.2, 0.25) is 0 Å². The molecule has 154 valence electrons. The summed E-state index contributed by atoms with van der Waals surface area (Å²) < 4.78 is 26.7. The third-order valence-electron chi connectivity index (χ3n) is 4.95. The lowest BCUT2D eigenvalue weighted by Crippen LogP contribution is -2.27. The summed E-state index contributed by atoms with van der Waals surface area (Å²) in [5.74, 6) is -0.899. The third kappa shape index (κ3) is 4.87. The maximum atomic E-state index is 13.0. The minimum atomic E-state index is -3.76. The number of halogens is 1. The van der Waals surface area contributed by atoms with Gasteiger partial charge in [0.2, 0.25) is 11.8 Å². The van der Waals surface area contributed by atoms with Gasteiger partial charge in [-0.05, 0) is 48.2 Å². The molecule has 6 nitrogen and oxygen atoms in total. The number of hydrogen-bond donors (Lipinski definition) is 1. The SMILES string of the molecule is CCc1ccc(NC(=O)CCS(=O)(=O)c2cc(Br)cc3c2N(C(C)=O)CC3)cc1. The summed E-state index contributed by atoms with van der Waals surface area (Å²) in [5.41, 5.74) is 3.05. The minimum Gasteiger partial charge on any atom is -0.326 e. The van der Waals surface area contributed by atoms with Crippen LogP contribution in [0.4, 0.5) is 11.4 Å². The second kappa shape index (κ2) is 8.67. The number of hydrogen-bond acceptors (Lipinski definition) is 4. The molecule has 1 aliphatic heterocycles. The number of fused-ring (bicyclic) bond motifs is 1. The topological polar surface area (TPSA) is 83.6 Å². The fourth-order valence-corrected chi connectivity index (χ4v) is 5.58. The van der Waals surface area contributed by atoms with Gasteiger partial charge in [0, 0.05) is 30.0 Å². The van der Waals surface area contributed by atoms with Crippen LogP contribution < -0.4 is 10.2 Å². The van der Waals surface area contributed by atoms with Crippen molar-refractivity contribution in [1.29, 1.82) is 0 Å². The number of carbonyl (C=O) groups is 2. The van der Waals surface area contributed by atoms with E-state index in [-0.39, 0.29) is 28.9 Å². The van der Waals surface area contributed by atoms with Crippen molar-refractivity contribution in [2.75, 3.05) is 22.5 Å². The monoisotopic (exact) mass is 478 g/mol. The maximum Gasteiger partial charge on any atom is 0.225 e. The Morgan fingerprint density at radius 2 is 1.86 bits per heavy atom. The molecule has 0 radical (unpaired) electrons. The largest absolute Gasteiger partial charge is 0.326 e. The van der Waals surface area contributed by atoms with Gasteiger partial charge in [0.05, 0.1) is 16.3 Å². The van der Waals surface area contributed by atoms with Gasteiger partial charge in [-0.3, -0.25) is 9.59 Å². The number of amides is 2. The Hall–Kier alpha value is -2.19. The number of sulfone groups is 1. The van der Waals surface area contributed by atoms with Crippen LogP contribution >= 0.6 is 15.9 Å². The highest BCUT2D eigenvalue weighted by Gasteiger charge is 2.31. The molecule has 1 N–H and O–H groups in total. The van der Waals surface area contributed by atoms with E-state index in [0.29, 0.717) is 28.8 Å². The van der Waals surface area contributed by atoms with Gasteiger partial charge in [0.25, 0.3) is 0 Å². The van der Waals surface area contributed by atoms with E-state index in [9.17, 15) is 18.0 Å². The van der Waals surface area contributed by atoms with Crippen LogP contribution in [0.15, 0.2) is 45.8 Å². The van der Waals surface area contributed by atoms with Crippen LogP contribution in [-0.4, -0.2) is 32.5 Å². The molecule has 0 spiro atoms. The Morgan fingerprint density at radius 1 is 1.17 bits per heavy atom. The molecule has 2 aromatic carbocycles. The Balaban J connectivity index is 1.76. The quantitative estimate of drug-likeness (QED) is 0.685. The fourth-order valence-electron chi connectivity index (χ4n) is 3.41. The van der Waals surface area contributed by atoms with E-state index in [2.05, 4.69) is 21.2 Å². The molecule has 0 atom stereocenters. The lowest BCUT2D eigenvalue weighted by molar-refractivity contribution is -0.117. The number of benzene rings is 2. The molecule has 0 saturated carbocycles. The first-order valence-electron chi connectivity index (χ1n) is 9.43. The summed E-state index contributed by atoms with van der Waals surface area (Å²) >= 11 is 3.35. The summed E-state index contributed by atoms with van der Waals surface area (Å²) in [6.45, 7) is 3.92. The van der Waals surface area contributed by atoms with Crippen molar-refractivity contribution in [3.63, 3.8) is 0 Å². The number of aryl methyl sites for hydroxylation is 1. The van der Waals surface area contributed by atoms with Gasteiger partial charge in [0.15, 0.2) is 9.84 Å². The zero-order valence-corrected chi connectivity index (χ0v) is 18.8. The Kier molecular flexibility index (Phi) is 6.43. The standard InChI is InChI=1S/C21H23BrN2O4S/c1-3-15-4-6-18(7-5-15)23-20(26)9-11-29(27,28)19-13-17(22)12-16-8-10-24(14(2)25)21(16)19/h4-7,12-13H,3,8-11H2,1-2H3,(H,23,26). The maximum absolute atomic E-state index is 13.0. The Bertz CT molecular complexity index is 1050. The normalized spacial score (nSPS) is 13.3. The molecule has 0 saturated heterocycles. The fraction of sp³-hybridized carbons (Fsp3) is 0.333. The Labute approximate surface area is 179 Å². The molecule has 29 heavy (non-hydrogen) atoms. The smallest absolute Gasteiger partial charge is 0.225 e. The molecule has 8 heteroatoms. The van der Waals surface area contributed by atoms with Crippen LogP contribution in [0.25, 0.3) is 0 Å². The average molecular weight is 479 g/mol. The molecule has 3 rings (SSSR count). The highest BCUT2D eigenvalue weighted by molar-refractivity contribution is 9.10. The third-order valence-corrected chi connectivity index (χ3v) is 7.13. The highest BCUT2D eigenvalue weighted by Crippen LogP contribution is 2.38. The number of nitrogens with zero attached hydrogens (tertiary/aromatic N) is 1. The van der Waals surface area contributed by atoms with E-state index in [1.54, 1.807) is 12.1 Å². The summed E-state index contributed by atoms with van der Waals surface area (Å²) in [5, 5.41) is 2.73. The molecule has 0 bridgehead atoms. The number of nitrogens with one attached hydrogen (secondary N) is 1. The second-order valence-corrected chi connectivity index (χ2v) is 9.99. The van der Waals surface area contributed by atoms with Crippen molar-refractivity contribution < 1.29 is 18.0 Å². The summed E-state index contributed by atoms with van der Waals surface area (Å²) in [6.07, 6.45) is 1.34. The molecular formula is C21H23BrN2O4S. The van der Waals surface area contributed by atoms with Crippen molar-refractivity contribution in [3.05, 3.63) is 52.0 Å². The molecule has 0 fully saturated rings. The molecule has 0 aromatic heterocycles. The summed E-state index contributed by atoms with van der Waals surface area (Å²) in [4.78, 5) is 25.8. The number of rotatable bonds is 6. The van der Waals surface area contributed by atoms with Gasteiger partial charge in [0.1, 0.15) is 0 Å². The van der Waals surface area contributed by atoms with E-state index < -0.39 is 9.84 Å². The first kappa shape index (κ1) is 21.5. The molecular weight excluding hydrogens is 456 g/mol. The summed E-state index contributed by atoms with van der Waals surface area (Å²) in [6, 6.07) is 10.8. The van der Waals surface area contributed by atoms with E-state index in [1.807, 2.05) is 25.1 Å². The van der Waals surface area contributed by atoms with E-state index in [0.717, 1.165) is 17.5 Å². The number of carbonyl (C=O) groups excluding carboxylic acids is 2. The van der Waals surface area contributed by atoms with Crippen molar-refractivity contribution in [2.24, 2.45) is 0 Å². The van der Waals surface area contributed by atoms with Crippen LogP contribution in [-0.2, 0) is 32.3 Å². The van der Waals surface area contributed by atoms with Crippen LogP contribution in [0.3, 0.4) is 0 Å². The predicted octanol–water partition coefficient (Wildman–Crippen LogP) is 3.72. The number of anilines is 2. The van der Waals surface area contributed by atoms with Gasteiger partial charge in [-0.15, -0.1) is 0 Å². The summed E-state index contributed by atoms with van der Waals surface area (Å²) in [7, 11) is -3.76. The molecule has 2 amide bonds. The Morgan fingerprint density at radius 3 is 2.48 bits per heavy atom. The first-order valence-corrected chi connectivity index (χ1v) is 11.9. The van der Waals surface area contributed by atoms with Gasteiger partial charge in [-0.2, -0.15) is 0 Å². The van der Waals surface area contributed by atoms with E-state index >= 15 is 0 Å². The first-order chi connectivity index (χ1) is 13.7. The predicted molar refractivity (Wildman–Crippen MR) is 117 cm³/mol. The molecule has 0 aliphatic carbocycles.